The van der Waals surface area contributed by atoms with E-state index < -0.39 is 0 Å². The highest BCUT2D eigenvalue weighted by Gasteiger charge is 2.34. The highest BCUT2D eigenvalue weighted by molar-refractivity contribution is 9.10. The summed E-state index contributed by atoms with van der Waals surface area (Å²) in [5.74, 6) is -0.151. The minimum Gasteiger partial charge on any atom is -0.344 e. The molecule has 106 valence electrons. The summed E-state index contributed by atoms with van der Waals surface area (Å²) < 4.78 is 0.926. The van der Waals surface area contributed by atoms with Crippen molar-refractivity contribution in [1.82, 2.24) is 15.5 Å². The molecule has 20 heavy (non-hydrogen) atoms. The first-order chi connectivity index (χ1) is 9.63. The fourth-order valence-electron chi connectivity index (χ4n) is 2.89. The average Bonchev–Trinajstić information content (AvgIpc) is 3.05. The van der Waals surface area contributed by atoms with Gasteiger partial charge in [-0.25, -0.2) is 0 Å². The Morgan fingerprint density at radius 2 is 2.20 bits per heavy atom. The van der Waals surface area contributed by atoms with E-state index in [0.29, 0.717) is 12.2 Å². The molecule has 2 aromatic rings. The van der Waals surface area contributed by atoms with E-state index in [1.807, 2.05) is 18.2 Å². The molecule has 1 saturated carbocycles. The van der Waals surface area contributed by atoms with Crippen LogP contribution in [0.15, 0.2) is 22.7 Å². The first-order valence-electron chi connectivity index (χ1n) is 6.80. The highest BCUT2D eigenvalue weighted by Crippen LogP contribution is 2.29. The van der Waals surface area contributed by atoms with Gasteiger partial charge in [-0.3, -0.25) is 9.89 Å². The lowest BCUT2D eigenvalue weighted by Gasteiger charge is -2.28. The van der Waals surface area contributed by atoms with Gasteiger partial charge in [0.2, 0.25) is 0 Å². The molecule has 1 aliphatic carbocycles. The third-order valence-corrected chi connectivity index (χ3v) is 4.56. The predicted molar refractivity (Wildman–Crippen MR) is 81.5 cm³/mol. The first-order valence-corrected chi connectivity index (χ1v) is 7.59. The number of nitrogens with two attached hydrogens (primary N) is 1. The lowest BCUT2D eigenvalue weighted by atomic mass is 9.97. The van der Waals surface area contributed by atoms with Gasteiger partial charge >= 0.3 is 0 Å². The molecule has 0 aliphatic heterocycles. The van der Waals surface area contributed by atoms with Crippen LogP contribution in [0.25, 0.3) is 10.9 Å². The molecule has 6 heteroatoms. The second-order valence-corrected chi connectivity index (χ2v) is 6.32. The van der Waals surface area contributed by atoms with Crippen LogP contribution >= 0.6 is 15.9 Å². The maximum Gasteiger partial charge on any atom is 0.272 e. The van der Waals surface area contributed by atoms with Crippen LogP contribution in [0.2, 0.25) is 0 Å². The van der Waals surface area contributed by atoms with E-state index in [-0.39, 0.29) is 11.4 Å². The van der Waals surface area contributed by atoms with Crippen molar-refractivity contribution in [2.75, 3.05) is 6.54 Å². The summed E-state index contributed by atoms with van der Waals surface area (Å²) in [6.45, 7) is 0.477. The molecule has 1 aromatic heterocycles. The maximum atomic E-state index is 12.5. The van der Waals surface area contributed by atoms with Gasteiger partial charge in [-0.1, -0.05) is 28.8 Å². The van der Waals surface area contributed by atoms with Gasteiger partial charge in [0.15, 0.2) is 5.69 Å². The number of carbonyl (C=O) groups is 1. The number of hydrogen-bond acceptors (Lipinski definition) is 3. The van der Waals surface area contributed by atoms with Crippen molar-refractivity contribution < 1.29 is 4.79 Å². The number of benzene rings is 1. The normalized spacial score (nSPS) is 17.5. The van der Waals surface area contributed by atoms with Crippen LogP contribution in [-0.2, 0) is 0 Å². The topological polar surface area (TPSA) is 83.8 Å². The summed E-state index contributed by atoms with van der Waals surface area (Å²) in [6, 6.07) is 5.72. The molecule has 1 aromatic carbocycles. The zero-order chi connectivity index (χ0) is 14.2. The number of H-pyrrole nitrogens is 1. The summed E-state index contributed by atoms with van der Waals surface area (Å²) in [4.78, 5) is 12.5. The molecule has 0 spiro atoms. The Morgan fingerprint density at radius 1 is 1.45 bits per heavy atom. The molecular formula is C14H17BrN4O. The molecule has 1 aliphatic rings. The molecule has 1 heterocycles. The molecule has 0 unspecified atom stereocenters. The Hall–Kier alpha value is -1.40. The van der Waals surface area contributed by atoms with Gasteiger partial charge in [0.25, 0.3) is 5.91 Å². The number of halogens is 1. The summed E-state index contributed by atoms with van der Waals surface area (Å²) in [5.41, 5.74) is 6.89. The smallest absolute Gasteiger partial charge is 0.272 e. The lowest BCUT2D eigenvalue weighted by Crippen LogP contribution is -2.51. The zero-order valence-corrected chi connectivity index (χ0v) is 12.7. The van der Waals surface area contributed by atoms with Crippen LogP contribution in [0.3, 0.4) is 0 Å². The quantitative estimate of drug-likeness (QED) is 0.804. The van der Waals surface area contributed by atoms with Crippen molar-refractivity contribution in [3.8, 4) is 0 Å². The van der Waals surface area contributed by atoms with Crippen LogP contribution in [0.4, 0.5) is 0 Å². The van der Waals surface area contributed by atoms with Crippen LogP contribution in [0.5, 0.6) is 0 Å². The maximum absolute atomic E-state index is 12.5. The predicted octanol–water partition coefficient (Wildman–Crippen LogP) is 2.33. The fraction of sp³-hybridized carbons (Fsp3) is 0.429. The van der Waals surface area contributed by atoms with Gasteiger partial charge in [0.1, 0.15) is 0 Å². The van der Waals surface area contributed by atoms with Crippen molar-refractivity contribution in [1.29, 1.82) is 0 Å². The molecule has 0 bridgehead atoms. The molecule has 0 saturated heterocycles. The van der Waals surface area contributed by atoms with Crippen molar-refractivity contribution in [2.24, 2.45) is 5.73 Å². The van der Waals surface area contributed by atoms with Crippen LogP contribution in [-0.4, -0.2) is 28.2 Å². The molecule has 3 rings (SSSR count). The van der Waals surface area contributed by atoms with Gasteiger partial charge in [0.05, 0.1) is 11.1 Å². The van der Waals surface area contributed by atoms with Crippen LogP contribution < -0.4 is 11.1 Å². The molecule has 1 fully saturated rings. The summed E-state index contributed by atoms with van der Waals surface area (Å²) >= 11 is 3.42. The number of nitrogens with one attached hydrogen (secondary N) is 2. The largest absolute Gasteiger partial charge is 0.344 e. The van der Waals surface area contributed by atoms with E-state index in [2.05, 4.69) is 31.4 Å². The number of aromatic nitrogens is 2. The van der Waals surface area contributed by atoms with E-state index in [0.717, 1.165) is 41.1 Å². The Labute approximate surface area is 125 Å². The first kappa shape index (κ1) is 13.6. The van der Waals surface area contributed by atoms with E-state index in [4.69, 9.17) is 5.73 Å². The van der Waals surface area contributed by atoms with Crippen molar-refractivity contribution >= 4 is 32.7 Å². The zero-order valence-electron chi connectivity index (χ0n) is 11.1. The molecule has 0 radical (unpaired) electrons. The van der Waals surface area contributed by atoms with E-state index in [9.17, 15) is 4.79 Å². The Kier molecular flexibility index (Phi) is 3.52. The van der Waals surface area contributed by atoms with Crippen molar-refractivity contribution in [3.05, 3.63) is 28.4 Å². The van der Waals surface area contributed by atoms with Gasteiger partial charge in [-0.2, -0.15) is 5.10 Å². The number of rotatable bonds is 3. The summed E-state index contributed by atoms with van der Waals surface area (Å²) in [5, 5.41) is 10.9. The van der Waals surface area contributed by atoms with E-state index >= 15 is 0 Å². The van der Waals surface area contributed by atoms with Crippen molar-refractivity contribution in [2.45, 2.75) is 31.2 Å². The Morgan fingerprint density at radius 3 is 2.90 bits per heavy atom. The summed E-state index contributed by atoms with van der Waals surface area (Å²) in [6.07, 6.45) is 4.12. The van der Waals surface area contributed by atoms with Gasteiger partial charge < -0.3 is 11.1 Å². The standard InChI is InChI=1S/C14H17BrN4O/c15-9-3-4-11-10(7-9)12(19-18-11)13(20)17-14(8-16)5-1-2-6-14/h3-4,7H,1-2,5-6,8,16H2,(H,17,20)(H,18,19). The molecule has 0 atom stereocenters. The minimum atomic E-state index is -0.256. The van der Waals surface area contributed by atoms with E-state index in [1.54, 1.807) is 0 Å². The van der Waals surface area contributed by atoms with Gasteiger partial charge in [-0.15, -0.1) is 0 Å². The molecule has 4 N–H and O–H groups in total. The third-order valence-electron chi connectivity index (χ3n) is 4.07. The fourth-order valence-corrected chi connectivity index (χ4v) is 3.25. The second-order valence-electron chi connectivity index (χ2n) is 5.41. The number of aromatic amines is 1. The lowest BCUT2D eigenvalue weighted by molar-refractivity contribution is 0.0899. The third kappa shape index (κ3) is 2.33. The Balaban J connectivity index is 1.90. The van der Waals surface area contributed by atoms with Crippen LogP contribution in [0, 0.1) is 0 Å². The monoisotopic (exact) mass is 336 g/mol. The SMILES string of the molecule is NCC1(NC(=O)c2n[nH]c3ccc(Br)cc23)CCCC1. The number of amides is 1. The van der Waals surface area contributed by atoms with Gasteiger partial charge in [-0.05, 0) is 31.0 Å². The van der Waals surface area contributed by atoms with Gasteiger partial charge in [0, 0.05) is 16.4 Å². The molecule has 1 amide bonds. The number of hydrogen-bond donors (Lipinski definition) is 3. The average molecular weight is 337 g/mol. The highest BCUT2D eigenvalue weighted by atomic mass is 79.9. The summed E-state index contributed by atoms with van der Waals surface area (Å²) in [7, 11) is 0. The molecule has 5 nitrogen and oxygen atoms in total. The second kappa shape index (κ2) is 5.18. The molecular weight excluding hydrogens is 320 g/mol. The van der Waals surface area contributed by atoms with E-state index in [1.165, 1.54) is 0 Å². The number of nitrogens with zero attached hydrogens (tertiary/aromatic N) is 1. The number of carbonyl (C=O) groups excluding carboxylic acids is 1. The Bertz CT molecular complexity index is 646. The van der Waals surface area contributed by atoms with Crippen molar-refractivity contribution in [3.63, 3.8) is 0 Å². The van der Waals surface area contributed by atoms with Crippen LogP contribution in [0.1, 0.15) is 36.2 Å². The minimum absolute atomic E-state index is 0.151. The number of fused-ring (bicyclic) bond motifs is 1.